The topological polar surface area (TPSA) is 88.4 Å². The molecule has 0 aliphatic rings. The monoisotopic (exact) mass is 346 g/mol. The Kier molecular flexibility index (Phi) is 4.55. The lowest BCUT2D eigenvalue weighted by Crippen LogP contribution is -2.41. The van der Waals surface area contributed by atoms with E-state index in [4.69, 9.17) is 16.0 Å². The van der Waals surface area contributed by atoms with Crippen molar-refractivity contribution in [3.8, 4) is 0 Å². The van der Waals surface area contributed by atoms with Crippen LogP contribution in [0.3, 0.4) is 0 Å². The van der Waals surface area contributed by atoms with E-state index in [0.717, 1.165) is 12.1 Å². The van der Waals surface area contributed by atoms with Crippen LogP contribution in [0.4, 0.5) is 4.39 Å². The number of rotatable bonds is 4. The maximum Gasteiger partial charge on any atom is 0.269 e. The Hall–Kier alpha value is -1.90. The smallest absolute Gasteiger partial charge is 0.269 e. The standard InChI is InChI=1S/C13H12ClFN2O4S/c1-7-5-10(8(2)21-7)13(18)16-17-22(19,20)12-4-3-9(14)6-11(12)15/h3-6,17H,1-2H3,(H,16,18). The van der Waals surface area contributed by atoms with Gasteiger partial charge in [-0.2, -0.15) is 0 Å². The SMILES string of the molecule is Cc1cc(C(=O)NNS(=O)(=O)c2ccc(Cl)cc2F)c(C)o1. The molecule has 0 aliphatic carbocycles. The second-order valence-electron chi connectivity index (χ2n) is 4.46. The third kappa shape index (κ3) is 3.46. The Morgan fingerprint density at radius 3 is 2.50 bits per heavy atom. The van der Waals surface area contributed by atoms with Gasteiger partial charge in [-0.05, 0) is 38.1 Å². The molecule has 0 saturated carbocycles. The number of halogens is 2. The molecular formula is C13H12ClFN2O4S. The summed E-state index contributed by atoms with van der Waals surface area (Å²) in [5.74, 6) is -0.891. The fraction of sp³-hybridized carbons (Fsp3) is 0.154. The minimum Gasteiger partial charge on any atom is -0.466 e. The Labute approximate surface area is 131 Å². The van der Waals surface area contributed by atoms with E-state index in [-0.39, 0.29) is 10.6 Å². The molecule has 0 saturated heterocycles. The highest BCUT2D eigenvalue weighted by Gasteiger charge is 2.21. The highest BCUT2D eigenvalue weighted by Crippen LogP contribution is 2.18. The molecule has 1 heterocycles. The van der Waals surface area contributed by atoms with Crippen LogP contribution in [0, 0.1) is 19.7 Å². The molecule has 0 spiro atoms. The van der Waals surface area contributed by atoms with Gasteiger partial charge in [-0.25, -0.2) is 12.8 Å². The summed E-state index contributed by atoms with van der Waals surface area (Å²) in [6.07, 6.45) is 0. The fourth-order valence-electron chi connectivity index (χ4n) is 1.79. The molecule has 22 heavy (non-hydrogen) atoms. The second kappa shape index (κ2) is 6.07. The molecule has 0 bridgehead atoms. The van der Waals surface area contributed by atoms with Gasteiger partial charge in [0.25, 0.3) is 15.9 Å². The summed E-state index contributed by atoms with van der Waals surface area (Å²) in [5, 5.41) is 0.0602. The minimum atomic E-state index is -4.26. The number of amides is 1. The lowest BCUT2D eigenvalue weighted by molar-refractivity contribution is 0.0943. The Morgan fingerprint density at radius 2 is 1.95 bits per heavy atom. The summed E-state index contributed by atoms with van der Waals surface area (Å²) < 4.78 is 42.7. The lowest BCUT2D eigenvalue weighted by Gasteiger charge is -2.09. The van der Waals surface area contributed by atoms with Crippen LogP contribution in [0.1, 0.15) is 21.9 Å². The summed E-state index contributed by atoms with van der Waals surface area (Å²) >= 11 is 5.56. The van der Waals surface area contributed by atoms with Crippen LogP contribution in [-0.2, 0) is 10.0 Å². The van der Waals surface area contributed by atoms with Gasteiger partial charge in [0.15, 0.2) is 0 Å². The van der Waals surface area contributed by atoms with Gasteiger partial charge in [0.05, 0.1) is 5.56 Å². The van der Waals surface area contributed by atoms with Gasteiger partial charge in [0.1, 0.15) is 22.2 Å². The van der Waals surface area contributed by atoms with Crippen LogP contribution in [0.2, 0.25) is 5.02 Å². The van der Waals surface area contributed by atoms with Crippen molar-refractivity contribution in [2.75, 3.05) is 0 Å². The van der Waals surface area contributed by atoms with Crippen LogP contribution in [0.15, 0.2) is 33.6 Å². The number of aryl methyl sites for hydroxylation is 2. The van der Waals surface area contributed by atoms with Crippen molar-refractivity contribution in [2.24, 2.45) is 0 Å². The van der Waals surface area contributed by atoms with Gasteiger partial charge in [0, 0.05) is 5.02 Å². The van der Waals surface area contributed by atoms with E-state index in [2.05, 4.69) is 0 Å². The largest absolute Gasteiger partial charge is 0.466 e. The molecule has 1 aromatic heterocycles. The van der Waals surface area contributed by atoms with Gasteiger partial charge >= 0.3 is 0 Å². The summed E-state index contributed by atoms with van der Waals surface area (Å²) in [5.41, 5.74) is 2.17. The predicted molar refractivity (Wildman–Crippen MR) is 77.4 cm³/mol. The third-order valence-electron chi connectivity index (χ3n) is 2.77. The molecule has 2 rings (SSSR count). The molecule has 0 fully saturated rings. The number of nitrogens with one attached hydrogen (secondary N) is 2. The summed E-state index contributed by atoms with van der Waals surface area (Å²) in [4.78, 5) is 13.1. The van der Waals surface area contributed by atoms with E-state index in [0.29, 0.717) is 11.5 Å². The van der Waals surface area contributed by atoms with Gasteiger partial charge < -0.3 is 4.42 Å². The molecule has 1 aromatic carbocycles. The molecule has 118 valence electrons. The first kappa shape index (κ1) is 16.5. The van der Waals surface area contributed by atoms with Crippen molar-refractivity contribution in [1.82, 2.24) is 10.3 Å². The molecule has 0 aliphatic heterocycles. The number of hydrogen-bond donors (Lipinski definition) is 2. The Morgan fingerprint density at radius 1 is 1.27 bits per heavy atom. The van der Waals surface area contributed by atoms with Crippen molar-refractivity contribution in [3.63, 3.8) is 0 Å². The molecule has 0 atom stereocenters. The zero-order valence-corrected chi connectivity index (χ0v) is 13.2. The number of sulfonamides is 1. The first-order valence-corrected chi connectivity index (χ1v) is 7.91. The zero-order valence-electron chi connectivity index (χ0n) is 11.6. The van der Waals surface area contributed by atoms with Gasteiger partial charge in [-0.3, -0.25) is 10.2 Å². The number of hydrogen-bond acceptors (Lipinski definition) is 4. The molecule has 9 heteroatoms. The van der Waals surface area contributed by atoms with E-state index < -0.39 is 26.6 Å². The fourth-order valence-corrected chi connectivity index (χ4v) is 2.84. The lowest BCUT2D eigenvalue weighted by atomic mass is 10.2. The van der Waals surface area contributed by atoms with Gasteiger partial charge in [0.2, 0.25) is 0 Å². The molecular weight excluding hydrogens is 335 g/mol. The van der Waals surface area contributed by atoms with Crippen molar-refractivity contribution >= 4 is 27.5 Å². The van der Waals surface area contributed by atoms with E-state index in [1.807, 2.05) is 10.3 Å². The predicted octanol–water partition coefficient (Wildman–Crippen LogP) is 2.31. The summed E-state index contributed by atoms with van der Waals surface area (Å²) in [6, 6.07) is 4.55. The first-order chi connectivity index (χ1) is 10.2. The summed E-state index contributed by atoms with van der Waals surface area (Å²) in [6.45, 7) is 3.21. The molecule has 0 radical (unpaired) electrons. The van der Waals surface area contributed by atoms with Crippen molar-refractivity contribution in [2.45, 2.75) is 18.7 Å². The summed E-state index contributed by atoms with van der Waals surface area (Å²) in [7, 11) is -4.26. The van der Waals surface area contributed by atoms with Gasteiger partial charge in [-0.15, -0.1) is 4.83 Å². The number of carbonyl (C=O) groups excluding carboxylic acids is 1. The van der Waals surface area contributed by atoms with Crippen LogP contribution in [-0.4, -0.2) is 14.3 Å². The average Bonchev–Trinajstić information content (AvgIpc) is 2.74. The number of benzene rings is 1. The molecule has 1 amide bonds. The van der Waals surface area contributed by atoms with Crippen LogP contribution >= 0.6 is 11.6 Å². The van der Waals surface area contributed by atoms with Crippen LogP contribution in [0.5, 0.6) is 0 Å². The van der Waals surface area contributed by atoms with Crippen molar-refractivity contribution in [1.29, 1.82) is 0 Å². The normalized spacial score (nSPS) is 11.5. The number of furan rings is 1. The van der Waals surface area contributed by atoms with E-state index in [9.17, 15) is 17.6 Å². The maximum atomic E-state index is 13.6. The van der Waals surface area contributed by atoms with E-state index >= 15 is 0 Å². The zero-order chi connectivity index (χ0) is 16.5. The highest BCUT2D eigenvalue weighted by atomic mass is 35.5. The Bertz CT molecular complexity index is 833. The van der Waals surface area contributed by atoms with Crippen LogP contribution < -0.4 is 10.3 Å². The average molecular weight is 347 g/mol. The first-order valence-electron chi connectivity index (χ1n) is 6.05. The van der Waals surface area contributed by atoms with Gasteiger partial charge in [-0.1, -0.05) is 11.6 Å². The maximum absolute atomic E-state index is 13.6. The van der Waals surface area contributed by atoms with Crippen molar-refractivity contribution < 1.29 is 22.0 Å². The van der Waals surface area contributed by atoms with E-state index in [1.165, 1.54) is 12.1 Å². The van der Waals surface area contributed by atoms with Crippen LogP contribution in [0.25, 0.3) is 0 Å². The molecule has 2 N–H and O–H groups in total. The molecule has 0 unspecified atom stereocenters. The molecule has 2 aromatic rings. The van der Waals surface area contributed by atoms with Crippen molar-refractivity contribution in [3.05, 3.63) is 52.2 Å². The molecule has 6 nitrogen and oxygen atoms in total. The second-order valence-corrected chi connectivity index (χ2v) is 6.55. The minimum absolute atomic E-state index is 0.0602. The number of hydrazine groups is 1. The third-order valence-corrected chi connectivity index (χ3v) is 4.28. The number of carbonyl (C=O) groups is 1. The quantitative estimate of drug-likeness (QED) is 0.831. The Balaban J connectivity index is 2.16. The highest BCUT2D eigenvalue weighted by molar-refractivity contribution is 7.89. The van der Waals surface area contributed by atoms with E-state index in [1.54, 1.807) is 13.8 Å².